The molecule has 0 saturated heterocycles. The first-order valence-corrected chi connectivity index (χ1v) is 8.40. The van der Waals surface area contributed by atoms with Crippen molar-refractivity contribution in [3.05, 3.63) is 78.4 Å². The normalized spacial score (nSPS) is 11.3. The Labute approximate surface area is 147 Å². The van der Waals surface area contributed by atoms with E-state index >= 15 is 0 Å². The van der Waals surface area contributed by atoms with E-state index in [1.165, 1.54) is 5.39 Å². The minimum atomic E-state index is -0.171. The van der Waals surface area contributed by atoms with Crippen LogP contribution in [0.5, 0.6) is 0 Å². The third-order valence-electron chi connectivity index (χ3n) is 3.96. The van der Waals surface area contributed by atoms with Crippen LogP contribution in [0.2, 0.25) is 0 Å². The van der Waals surface area contributed by atoms with Crippen molar-refractivity contribution in [1.29, 1.82) is 0 Å². The van der Waals surface area contributed by atoms with Crippen molar-refractivity contribution in [2.24, 2.45) is 5.10 Å². The molecule has 0 atom stereocenters. The summed E-state index contributed by atoms with van der Waals surface area (Å²) in [5, 5.41) is 9.71. The van der Waals surface area contributed by atoms with Crippen LogP contribution in [-0.2, 0) is 4.79 Å². The number of hydrogen-bond donors (Lipinski definition) is 2. The van der Waals surface area contributed by atoms with Gasteiger partial charge in [-0.1, -0.05) is 67.6 Å². The van der Waals surface area contributed by atoms with E-state index in [-0.39, 0.29) is 12.5 Å². The van der Waals surface area contributed by atoms with Gasteiger partial charge in [0.2, 0.25) is 0 Å². The summed E-state index contributed by atoms with van der Waals surface area (Å²) < 4.78 is 0. The predicted octanol–water partition coefficient (Wildman–Crippen LogP) is 4.18. The monoisotopic (exact) mass is 331 g/mol. The maximum absolute atomic E-state index is 12.1. The predicted molar refractivity (Wildman–Crippen MR) is 104 cm³/mol. The number of nitrogens with one attached hydrogen (secondary N) is 2. The van der Waals surface area contributed by atoms with Crippen LogP contribution < -0.4 is 10.7 Å². The molecule has 126 valence electrons. The second kappa shape index (κ2) is 8.11. The average Bonchev–Trinajstić information content (AvgIpc) is 2.67. The molecule has 0 aromatic heterocycles. The fraction of sp³-hybridized carbons (Fsp3) is 0.143. The summed E-state index contributed by atoms with van der Waals surface area (Å²) in [6.07, 6.45) is 0.752. The summed E-state index contributed by atoms with van der Waals surface area (Å²) in [5.74, 6) is -0.171. The average molecular weight is 331 g/mol. The number of anilines is 1. The molecule has 0 bridgehead atoms. The lowest BCUT2D eigenvalue weighted by Gasteiger charge is -2.08. The number of fused-ring (bicyclic) bond motifs is 1. The fourth-order valence-electron chi connectivity index (χ4n) is 2.63. The van der Waals surface area contributed by atoms with Crippen molar-refractivity contribution in [3.63, 3.8) is 0 Å². The molecular formula is C21H21N3O. The molecule has 0 aliphatic rings. The summed E-state index contributed by atoms with van der Waals surface area (Å²) in [6.45, 7) is 2.19. The highest BCUT2D eigenvalue weighted by molar-refractivity contribution is 6.01. The molecule has 0 fully saturated rings. The van der Waals surface area contributed by atoms with Gasteiger partial charge in [0.25, 0.3) is 5.91 Å². The van der Waals surface area contributed by atoms with Gasteiger partial charge in [0, 0.05) is 5.69 Å². The van der Waals surface area contributed by atoms with Crippen LogP contribution in [0.3, 0.4) is 0 Å². The van der Waals surface area contributed by atoms with E-state index in [1.54, 1.807) is 0 Å². The first kappa shape index (κ1) is 16.7. The van der Waals surface area contributed by atoms with E-state index in [4.69, 9.17) is 0 Å². The molecule has 0 aliphatic heterocycles. The van der Waals surface area contributed by atoms with Gasteiger partial charge in [-0.25, -0.2) is 5.43 Å². The molecule has 0 aliphatic carbocycles. The molecule has 3 aromatic carbocycles. The van der Waals surface area contributed by atoms with Gasteiger partial charge in [0.1, 0.15) is 0 Å². The summed E-state index contributed by atoms with van der Waals surface area (Å²) in [7, 11) is 0. The molecule has 4 heteroatoms. The van der Waals surface area contributed by atoms with Crippen molar-refractivity contribution >= 4 is 28.1 Å². The van der Waals surface area contributed by atoms with E-state index in [9.17, 15) is 4.79 Å². The molecule has 0 spiro atoms. The van der Waals surface area contributed by atoms with Crippen molar-refractivity contribution in [2.45, 2.75) is 13.3 Å². The highest BCUT2D eigenvalue weighted by Gasteiger charge is 2.04. The van der Waals surface area contributed by atoms with Crippen molar-refractivity contribution in [1.82, 2.24) is 5.43 Å². The second-order valence-electron chi connectivity index (χ2n) is 5.73. The Balaban J connectivity index is 1.59. The fourth-order valence-corrected chi connectivity index (χ4v) is 2.63. The van der Waals surface area contributed by atoms with E-state index in [1.807, 2.05) is 67.6 Å². The molecule has 2 N–H and O–H groups in total. The highest BCUT2D eigenvalue weighted by atomic mass is 16.2. The van der Waals surface area contributed by atoms with Crippen LogP contribution in [0.4, 0.5) is 5.69 Å². The number of nitrogens with zero attached hydrogens (tertiary/aromatic N) is 1. The molecule has 25 heavy (non-hydrogen) atoms. The number of rotatable bonds is 6. The lowest BCUT2D eigenvalue weighted by Crippen LogP contribution is -2.27. The van der Waals surface area contributed by atoms with E-state index in [0.29, 0.717) is 0 Å². The Morgan fingerprint density at radius 1 is 0.920 bits per heavy atom. The van der Waals surface area contributed by atoms with Crippen LogP contribution in [0.15, 0.2) is 77.9 Å². The molecule has 3 aromatic rings. The zero-order chi connectivity index (χ0) is 17.5. The zero-order valence-electron chi connectivity index (χ0n) is 14.2. The standard InChI is InChI=1S/C21H21N3O/c1-2-20(17-9-4-3-5-10-17)23-24-21(25)15-22-19-13-12-16-8-6-7-11-18(16)14-19/h3-14,22H,2,15H2,1H3,(H,24,25). The maximum Gasteiger partial charge on any atom is 0.259 e. The quantitative estimate of drug-likeness (QED) is 0.526. The smallest absolute Gasteiger partial charge is 0.259 e. The van der Waals surface area contributed by atoms with Crippen molar-refractivity contribution in [2.75, 3.05) is 11.9 Å². The largest absolute Gasteiger partial charge is 0.376 e. The zero-order valence-corrected chi connectivity index (χ0v) is 14.2. The summed E-state index contributed by atoms with van der Waals surface area (Å²) >= 11 is 0. The molecular weight excluding hydrogens is 310 g/mol. The number of benzene rings is 3. The number of hydrazone groups is 1. The van der Waals surface area contributed by atoms with Crippen LogP contribution in [0.1, 0.15) is 18.9 Å². The van der Waals surface area contributed by atoms with E-state index in [0.717, 1.165) is 28.8 Å². The summed E-state index contributed by atoms with van der Waals surface area (Å²) in [4.78, 5) is 12.1. The summed E-state index contributed by atoms with van der Waals surface area (Å²) in [6, 6.07) is 24.0. The second-order valence-corrected chi connectivity index (χ2v) is 5.73. The first-order valence-electron chi connectivity index (χ1n) is 8.40. The van der Waals surface area contributed by atoms with Gasteiger partial charge < -0.3 is 5.32 Å². The molecule has 3 rings (SSSR count). The Morgan fingerprint density at radius 3 is 2.40 bits per heavy atom. The molecule has 0 radical (unpaired) electrons. The Hall–Kier alpha value is -3.14. The number of hydrogen-bond acceptors (Lipinski definition) is 3. The lowest BCUT2D eigenvalue weighted by molar-refractivity contribution is -0.119. The SMILES string of the molecule is CCC(=NNC(=O)CNc1ccc2ccccc2c1)c1ccccc1. The van der Waals surface area contributed by atoms with Crippen LogP contribution >= 0.6 is 0 Å². The first-order chi connectivity index (χ1) is 12.3. The van der Waals surface area contributed by atoms with Crippen LogP contribution in [-0.4, -0.2) is 18.2 Å². The van der Waals surface area contributed by atoms with Crippen molar-refractivity contribution in [3.8, 4) is 0 Å². The molecule has 4 nitrogen and oxygen atoms in total. The minimum Gasteiger partial charge on any atom is -0.376 e. The Bertz CT molecular complexity index is 888. The van der Waals surface area contributed by atoms with Gasteiger partial charge >= 0.3 is 0 Å². The topological polar surface area (TPSA) is 53.5 Å². The molecule has 0 saturated carbocycles. The van der Waals surface area contributed by atoms with Gasteiger partial charge in [-0.2, -0.15) is 5.10 Å². The maximum atomic E-state index is 12.1. The molecule has 0 unspecified atom stereocenters. The third-order valence-corrected chi connectivity index (χ3v) is 3.96. The molecule has 0 heterocycles. The highest BCUT2D eigenvalue weighted by Crippen LogP contribution is 2.18. The van der Waals surface area contributed by atoms with Crippen molar-refractivity contribution < 1.29 is 4.79 Å². The summed E-state index contributed by atoms with van der Waals surface area (Å²) in [5.41, 5.74) is 5.42. The van der Waals surface area contributed by atoms with Crippen LogP contribution in [0, 0.1) is 0 Å². The van der Waals surface area contributed by atoms with Gasteiger partial charge in [0.05, 0.1) is 12.3 Å². The van der Waals surface area contributed by atoms with Gasteiger partial charge in [-0.15, -0.1) is 0 Å². The Kier molecular flexibility index (Phi) is 5.42. The Morgan fingerprint density at radius 2 is 1.64 bits per heavy atom. The van der Waals surface area contributed by atoms with Gasteiger partial charge in [0.15, 0.2) is 0 Å². The number of amides is 1. The lowest BCUT2D eigenvalue weighted by atomic mass is 10.1. The van der Waals surface area contributed by atoms with Gasteiger partial charge in [-0.3, -0.25) is 4.79 Å². The van der Waals surface area contributed by atoms with Gasteiger partial charge in [-0.05, 0) is 34.9 Å². The minimum absolute atomic E-state index is 0.171. The van der Waals surface area contributed by atoms with E-state index in [2.05, 4.69) is 28.0 Å². The van der Waals surface area contributed by atoms with E-state index < -0.39 is 0 Å². The number of carbonyl (C=O) groups is 1. The number of carbonyl (C=O) groups excluding carboxylic acids is 1. The molecule has 1 amide bonds. The third kappa shape index (κ3) is 4.44. The van der Waals surface area contributed by atoms with Crippen LogP contribution in [0.25, 0.3) is 10.8 Å².